The number of methoxy groups -OCH3 is 2. The molecule has 2 rings (SSSR count). The van der Waals surface area contributed by atoms with Crippen molar-refractivity contribution in [3.8, 4) is 17.2 Å². The van der Waals surface area contributed by atoms with Gasteiger partial charge in [-0.1, -0.05) is 34.1 Å². The largest absolute Gasteiger partial charge is 0.493 e. The topological polar surface area (TPSA) is 56.8 Å². The molecule has 0 spiro atoms. The minimum Gasteiger partial charge on any atom is -0.493 e. The van der Waals surface area contributed by atoms with Gasteiger partial charge in [0.2, 0.25) is 5.75 Å². The first-order valence-corrected chi connectivity index (χ1v) is 8.64. The fraction of sp³-hybridized carbons (Fsp3) is 0.316. The number of halogens is 1. The van der Waals surface area contributed by atoms with Crippen LogP contribution < -0.4 is 19.5 Å². The number of carbonyl (C=O) groups is 1. The molecule has 0 heterocycles. The highest BCUT2D eigenvalue weighted by molar-refractivity contribution is 9.10. The van der Waals surface area contributed by atoms with Crippen LogP contribution in [0.3, 0.4) is 0 Å². The first kappa shape index (κ1) is 19.1. The molecule has 1 atom stereocenters. The molecule has 0 aromatic heterocycles. The molecule has 0 aliphatic rings. The van der Waals surface area contributed by atoms with Gasteiger partial charge >= 0.3 is 0 Å². The van der Waals surface area contributed by atoms with Gasteiger partial charge in [-0.15, -0.1) is 0 Å². The van der Waals surface area contributed by atoms with Crippen molar-refractivity contribution in [3.63, 3.8) is 0 Å². The first-order valence-electron chi connectivity index (χ1n) is 7.85. The monoisotopic (exact) mass is 407 g/mol. The molecular formula is C19H22BrNO4. The predicted molar refractivity (Wildman–Crippen MR) is 100 cm³/mol. The van der Waals surface area contributed by atoms with Gasteiger partial charge in [0, 0.05) is 4.47 Å². The summed E-state index contributed by atoms with van der Waals surface area (Å²) in [7, 11) is 3.10. The second-order valence-corrected chi connectivity index (χ2v) is 6.45. The zero-order chi connectivity index (χ0) is 18.4. The summed E-state index contributed by atoms with van der Waals surface area (Å²) in [5.41, 5.74) is 1.98. The summed E-state index contributed by atoms with van der Waals surface area (Å²) in [4.78, 5) is 12.2. The Bertz CT molecular complexity index is 723. The molecule has 0 aliphatic carbocycles. The lowest BCUT2D eigenvalue weighted by molar-refractivity contribution is -0.123. The zero-order valence-corrected chi connectivity index (χ0v) is 16.3. The summed E-state index contributed by atoms with van der Waals surface area (Å²) in [5, 5.41) is 2.92. The Labute approximate surface area is 156 Å². The Balaban J connectivity index is 2.04. The lowest BCUT2D eigenvalue weighted by Gasteiger charge is -2.18. The smallest absolute Gasteiger partial charge is 0.258 e. The third-order valence-corrected chi connectivity index (χ3v) is 4.42. The van der Waals surface area contributed by atoms with Crippen LogP contribution >= 0.6 is 15.9 Å². The van der Waals surface area contributed by atoms with Crippen molar-refractivity contribution in [2.45, 2.75) is 19.9 Å². The summed E-state index contributed by atoms with van der Waals surface area (Å²) in [6, 6.07) is 11.3. The molecule has 0 bridgehead atoms. The maximum atomic E-state index is 12.2. The minimum absolute atomic E-state index is 0.134. The summed E-state index contributed by atoms with van der Waals surface area (Å²) in [6.07, 6.45) is 0. The van der Waals surface area contributed by atoms with Crippen LogP contribution in [0.15, 0.2) is 40.9 Å². The number of benzene rings is 2. The lowest BCUT2D eigenvalue weighted by Crippen LogP contribution is -2.31. The first-order chi connectivity index (χ1) is 12.0. The van der Waals surface area contributed by atoms with E-state index in [1.807, 2.05) is 50.2 Å². The van der Waals surface area contributed by atoms with Crippen molar-refractivity contribution in [1.29, 1.82) is 0 Å². The van der Waals surface area contributed by atoms with Crippen LogP contribution in [0.2, 0.25) is 0 Å². The second kappa shape index (κ2) is 8.76. The fourth-order valence-electron chi connectivity index (χ4n) is 2.48. The van der Waals surface area contributed by atoms with Crippen molar-refractivity contribution < 1.29 is 19.0 Å². The zero-order valence-electron chi connectivity index (χ0n) is 14.8. The number of hydrogen-bond acceptors (Lipinski definition) is 4. The summed E-state index contributed by atoms with van der Waals surface area (Å²) < 4.78 is 17.3. The number of amides is 1. The molecule has 134 valence electrons. The van der Waals surface area contributed by atoms with Crippen molar-refractivity contribution in [1.82, 2.24) is 5.32 Å². The van der Waals surface area contributed by atoms with E-state index in [4.69, 9.17) is 14.2 Å². The number of rotatable bonds is 7. The Morgan fingerprint density at radius 2 is 1.76 bits per heavy atom. The Morgan fingerprint density at radius 3 is 2.32 bits per heavy atom. The van der Waals surface area contributed by atoms with Gasteiger partial charge in [-0.3, -0.25) is 4.79 Å². The van der Waals surface area contributed by atoms with Gasteiger partial charge in [0.25, 0.3) is 5.91 Å². The molecule has 0 unspecified atom stereocenters. The number of nitrogens with one attached hydrogen (secondary N) is 1. The molecule has 6 heteroatoms. The molecular weight excluding hydrogens is 386 g/mol. The predicted octanol–water partition coefficient (Wildman–Crippen LogP) is 4.03. The maximum Gasteiger partial charge on any atom is 0.258 e. The molecule has 2 aromatic carbocycles. The molecule has 1 amide bonds. The lowest BCUT2D eigenvalue weighted by atomic mass is 10.1. The van der Waals surface area contributed by atoms with Crippen LogP contribution in [-0.2, 0) is 4.79 Å². The van der Waals surface area contributed by atoms with E-state index in [9.17, 15) is 4.79 Å². The second-order valence-electron chi connectivity index (χ2n) is 5.60. The van der Waals surface area contributed by atoms with Crippen molar-refractivity contribution >= 4 is 21.8 Å². The Morgan fingerprint density at radius 1 is 1.16 bits per heavy atom. The summed E-state index contributed by atoms with van der Waals surface area (Å²) in [6.45, 7) is 3.72. The third-order valence-electron chi connectivity index (χ3n) is 3.70. The normalized spacial score (nSPS) is 11.6. The number of hydrogen-bond donors (Lipinski definition) is 1. The van der Waals surface area contributed by atoms with Crippen molar-refractivity contribution in [2.24, 2.45) is 0 Å². The molecule has 25 heavy (non-hydrogen) atoms. The Hall–Kier alpha value is -2.21. The number of carbonyl (C=O) groups excluding carboxylic acids is 1. The maximum absolute atomic E-state index is 12.2. The number of aryl methyl sites for hydroxylation is 1. The highest BCUT2D eigenvalue weighted by atomic mass is 79.9. The van der Waals surface area contributed by atoms with Crippen LogP contribution in [0.5, 0.6) is 17.2 Å². The quantitative estimate of drug-likeness (QED) is 0.752. The molecule has 2 aromatic rings. The van der Waals surface area contributed by atoms with Crippen LogP contribution in [0, 0.1) is 6.92 Å². The van der Waals surface area contributed by atoms with E-state index in [0.717, 1.165) is 15.6 Å². The average Bonchev–Trinajstić information content (AvgIpc) is 2.59. The molecule has 1 N–H and O–H groups in total. The van der Waals surface area contributed by atoms with E-state index in [-0.39, 0.29) is 18.6 Å². The fourth-order valence-corrected chi connectivity index (χ4v) is 3.11. The van der Waals surface area contributed by atoms with E-state index >= 15 is 0 Å². The van der Waals surface area contributed by atoms with Gasteiger partial charge in [-0.05, 0) is 43.2 Å². The van der Waals surface area contributed by atoms with Crippen LogP contribution in [0.25, 0.3) is 0 Å². The standard InChI is InChI=1S/C19H22BrNO4/c1-12-9-16(23-3)19(17(10-12)24-4)25-11-18(22)21-13(2)14-7-5-6-8-15(14)20/h5-10,13H,11H2,1-4H3,(H,21,22)/t13-/m1/s1. The molecule has 5 nitrogen and oxygen atoms in total. The summed E-state index contributed by atoms with van der Waals surface area (Å²) >= 11 is 3.49. The van der Waals surface area contributed by atoms with Crippen LogP contribution in [-0.4, -0.2) is 26.7 Å². The third kappa shape index (κ3) is 4.89. The van der Waals surface area contributed by atoms with E-state index in [1.54, 1.807) is 14.2 Å². The minimum atomic E-state index is -0.229. The van der Waals surface area contributed by atoms with E-state index in [0.29, 0.717) is 17.2 Å². The molecule has 0 fully saturated rings. The van der Waals surface area contributed by atoms with Crippen molar-refractivity contribution in [3.05, 3.63) is 52.0 Å². The van der Waals surface area contributed by atoms with Gasteiger partial charge in [-0.2, -0.15) is 0 Å². The van der Waals surface area contributed by atoms with Gasteiger partial charge in [0.1, 0.15) is 0 Å². The van der Waals surface area contributed by atoms with E-state index < -0.39 is 0 Å². The highest BCUT2D eigenvalue weighted by Crippen LogP contribution is 2.38. The van der Waals surface area contributed by atoms with Crippen LogP contribution in [0.1, 0.15) is 24.1 Å². The van der Waals surface area contributed by atoms with Gasteiger partial charge in [0.05, 0.1) is 20.3 Å². The van der Waals surface area contributed by atoms with Crippen LogP contribution in [0.4, 0.5) is 0 Å². The number of ether oxygens (including phenoxy) is 3. The average molecular weight is 408 g/mol. The molecule has 0 saturated heterocycles. The van der Waals surface area contributed by atoms with E-state index in [1.165, 1.54) is 0 Å². The van der Waals surface area contributed by atoms with Gasteiger partial charge in [0.15, 0.2) is 18.1 Å². The molecule has 0 saturated carbocycles. The molecule has 0 radical (unpaired) electrons. The van der Waals surface area contributed by atoms with E-state index in [2.05, 4.69) is 21.2 Å². The Kier molecular flexibility index (Phi) is 6.70. The van der Waals surface area contributed by atoms with Gasteiger partial charge < -0.3 is 19.5 Å². The van der Waals surface area contributed by atoms with Crippen molar-refractivity contribution in [2.75, 3.05) is 20.8 Å². The van der Waals surface area contributed by atoms with Gasteiger partial charge in [-0.25, -0.2) is 0 Å². The molecule has 0 aliphatic heterocycles. The highest BCUT2D eigenvalue weighted by Gasteiger charge is 2.16. The SMILES string of the molecule is COc1cc(C)cc(OC)c1OCC(=O)N[C@H](C)c1ccccc1Br. The summed E-state index contributed by atoms with van der Waals surface area (Å²) in [5.74, 6) is 1.25.